The Labute approximate surface area is 235 Å². The van der Waals surface area contributed by atoms with Crippen LogP contribution in [0, 0.1) is 0 Å². The summed E-state index contributed by atoms with van der Waals surface area (Å²) in [6, 6.07) is 4.03. The molecule has 0 saturated heterocycles. The van der Waals surface area contributed by atoms with Crippen molar-refractivity contribution in [3.63, 3.8) is 0 Å². The number of rotatable bonds is 14. The van der Waals surface area contributed by atoms with Gasteiger partial charge in [-0.1, -0.05) is 26.7 Å². The lowest BCUT2D eigenvalue weighted by atomic mass is 10.1. The molecule has 41 heavy (non-hydrogen) atoms. The molecule has 0 aliphatic rings. The largest absolute Gasteiger partial charge is 0.494 e. The number of benzene rings is 1. The standard InChI is InChI=1S/C28H34F3N3O7/c1-5-8-14-38-16-19(32-27(36)40-15-9-6-2)24-23(26(35)39-7-3)34-25(41-24)18-10-12-20(37-4)22-17(18)11-13-21(33-22)28(29,30)31/h10-13,19H,5-9,14-16H2,1-4H3,(H,32,36)/t19-/m1/s1. The van der Waals surface area contributed by atoms with Crippen LogP contribution >= 0.6 is 0 Å². The highest BCUT2D eigenvalue weighted by Crippen LogP contribution is 2.37. The Morgan fingerprint density at radius 1 is 1.00 bits per heavy atom. The van der Waals surface area contributed by atoms with Gasteiger partial charge >= 0.3 is 18.2 Å². The second kappa shape index (κ2) is 14.7. The number of nitrogens with one attached hydrogen (secondary N) is 1. The minimum atomic E-state index is -4.68. The Kier molecular flexibility index (Phi) is 11.3. The smallest absolute Gasteiger partial charge is 0.433 e. The first-order valence-electron chi connectivity index (χ1n) is 13.4. The van der Waals surface area contributed by atoms with E-state index in [1.54, 1.807) is 6.92 Å². The molecule has 3 rings (SSSR count). The van der Waals surface area contributed by atoms with Crippen LogP contribution in [0.25, 0.3) is 22.4 Å². The number of unbranched alkanes of at least 4 members (excludes halogenated alkanes) is 2. The van der Waals surface area contributed by atoms with E-state index in [1.807, 2.05) is 13.8 Å². The van der Waals surface area contributed by atoms with E-state index in [1.165, 1.54) is 25.3 Å². The molecule has 0 saturated carbocycles. The second-order valence-corrected chi connectivity index (χ2v) is 8.97. The van der Waals surface area contributed by atoms with E-state index < -0.39 is 30.0 Å². The minimum Gasteiger partial charge on any atom is -0.494 e. The van der Waals surface area contributed by atoms with Crippen molar-refractivity contribution in [3.05, 3.63) is 41.4 Å². The zero-order chi connectivity index (χ0) is 30.0. The molecule has 0 fully saturated rings. The number of carbonyl (C=O) groups is 2. The number of hydrogen-bond acceptors (Lipinski definition) is 9. The number of aromatic nitrogens is 2. The molecule has 3 aromatic rings. The van der Waals surface area contributed by atoms with Gasteiger partial charge < -0.3 is 28.7 Å². The second-order valence-electron chi connectivity index (χ2n) is 8.97. The van der Waals surface area contributed by atoms with Crippen LogP contribution in [0.15, 0.2) is 28.7 Å². The number of alkyl halides is 3. The van der Waals surface area contributed by atoms with Crippen molar-refractivity contribution in [2.24, 2.45) is 0 Å². The fraction of sp³-hybridized carbons (Fsp3) is 0.500. The summed E-state index contributed by atoms with van der Waals surface area (Å²) in [5.74, 6) is -0.860. The van der Waals surface area contributed by atoms with Crippen molar-refractivity contribution in [1.29, 1.82) is 0 Å². The molecule has 2 heterocycles. The summed E-state index contributed by atoms with van der Waals surface area (Å²) in [5.41, 5.74) is -1.15. The monoisotopic (exact) mass is 581 g/mol. The summed E-state index contributed by atoms with van der Waals surface area (Å²) in [5, 5.41) is 2.90. The van der Waals surface area contributed by atoms with Crippen LogP contribution in [0.3, 0.4) is 0 Å². The lowest BCUT2D eigenvalue weighted by Crippen LogP contribution is -2.33. The quantitative estimate of drug-likeness (QED) is 0.168. The molecule has 2 aromatic heterocycles. The molecule has 0 aliphatic carbocycles. The Morgan fingerprint density at radius 3 is 2.39 bits per heavy atom. The van der Waals surface area contributed by atoms with E-state index in [4.69, 9.17) is 23.4 Å². The average molecular weight is 582 g/mol. The lowest BCUT2D eigenvalue weighted by molar-refractivity contribution is -0.140. The number of esters is 1. The van der Waals surface area contributed by atoms with Gasteiger partial charge in [-0.3, -0.25) is 0 Å². The van der Waals surface area contributed by atoms with Gasteiger partial charge in [0.25, 0.3) is 0 Å². The number of methoxy groups -OCH3 is 1. The van der Waals surface area contributed by atoms with Crippen molar-refractivity contribution in [2.45, 2.75) is 58.7 Å². The minimum absolute atomic E-state index is 0.0419. The molecule has 0 unspecified atom stereocenters. The Morgan fingerprint density at radius 2 is 1.73 bits per heavy atom. The SMILES string of the molecule is CCCCOC[C@@H](NC(=O)OCCCC)c1oc(-c2ccc(OC)c3nc(C(F)(F)F)ccc23)nc1C(=O)OCC. The van der Waals surface area contributed by atoms with Crippen molar-refractivity contribution in [2.75, 3.05) is 33.5 Å². The summed E-state index contributed by atoms with van der Waals surface area (Å²) in [7, 11) is 1.31. The molecule has 1 atom stereocenters. The number of ether oxygens (including phenoxy) is 4. The van der Waals surface area contributed by atoms with Gasteiger partial charge in [-0.25, -0.2) is 19.6 Å². The fourth-order valence-corrected chi connectivity index (χ4v) is 3.85. The van der Waals surface area contributed by atoms with E-state index in [9.17, 15) is 22.8 Å². The number of alkyl carbamates (subject to hydrolysis) is 1. The Hall–Kier alpha value is -3.87. The van der Waals surface area contributed by atoms with Crippen LogP contribution in [0.4, 0.5) is 18.0 Å². The number of carbonyl (C=O) groups excluding carboxylic acids is 2. The first-order chi connectivity index (χ1) is 19.6. The van der Waals surface area contributed by atoms with Gasteiger partial charge in [-0.05, 0) is 44.0 Å². The van der Waals surface area contributed by atoms with E-state index in [0.717, 1.165) is 25.3 Å². The predicted octanol–water partition coefficient (Wildman–Crippen LogP) is 6.48. The number of pyridine rings is 1. The molecule has 224 valence electrons. The third-order valence-corrected chi connectivity index (χ3v) is 5.95. The summed E-state index contributed by atoms with van der Waals surface area (Å²) in [4.78, 5) is 33.6. The Balaban J connectivity index is 2.12. The van der Waals surface area contributed by atoms with Crippen molar-refractivity contribution in [1.82, 2.24) is 15.3 Å². The fourth-order valence-electron chi connectivity index (χ4n) is 3.85. The first-order valence-corrected chi connectivity index (χ1v) is 13.4. The van der Waals surface area contributed by atoms with Crippen molar-refractivity contribution in [3.8, 4) is 17.2 Å². The summed E-state index contributed by atoms with van der Waals surface area (Å²) in [6.07, 6.45) is -2.28. The zero-order valence-electron chi connectivity index (χ0n) is 23.4. The molecule has 0 aliphatic heterocycles. The van der Waals surface area contributed by atoms with E-state index in [0.29, 0.717) is 13.0 Å². The number of halogens is 3. The highest BCUT2D eigenvalue weighted by molar-refractivity contribution is 5.97. The molecule has 0 spiro atoms. The molecule has 13 heteroatoms. The van der Waals surface area contributed by atoms with Gasteiger partial charge in [0, 0.05) is 17.6 Å². The zero-order valence-corrected chi connectivity index (χ0v) is 23.4. The summed E-state index contributed by atoms with van der Waals surface area (Å²) in [6.45, 7) is 6.14. The summed E-state index contributed by atoms with van der Waals surface area (Å²) >= 11 is 0. The van der Waals surface area contributed by atoms with Crippen molar-refractivity contribution >= 4 is 23.0 Å². The molecular weight excluding hydrogens is 547 g/mol. The molecule has 0 bridgehead atoms. The van der Waals surface area contributed by atoms with Crippen LogP contribution in [-0.4, -0.2) is 55.6 Å². The van der Waals surface area contributed by atoms with Gasteiger partial charge in [0.1, 0.15) is 23.0 Å². The number of oxazole rings is 1. The topological polar surface area (TPSA) is 122 Å². The van der Waals surface area contributed by atoms with Gasteiger partial charge in [-0.15, -0.1) is 0 Å². The Bertz CT molecular complexity index is 1330. The van der Waals surface area contributed by atoms with Crippen LogP contribution in [0.5, 0.6) is 5.75 Å². The first kappa shape index (κ1) is 31.7. The molecular formula is C28H34F3N3O7. The third-order valence-electron chi connectivity index (χ3n) is 5.95. The van der Waals surface area contributed by atoms with Gasteiger partial charge in [0.15, 0.2) is 11.5 Å². The number of nitrogens with zero attached hydrogens (tertiary/aromatic N) is 2. The normalized spacial score (nSPS) is 12.3. The van der Waals surface area contributed by atoms with Crippen molar-refractivity contribution < 1.29 is 46.1 Å². The maximum atomic E-state index is 13.4. The molecule has 1 aromatic carbocycles. The van der Waals surface area contributed by atoms with E-state index in [-0.39, 0.29) is 59.4 Å². The van der Waals surface area contributed by atoms with Crippen LogP contribution in [0.2, 0.25) is 0 Å². The maximum Gasteiger partial charge on any atom is 0.433 e. The van der Waals surface area contributed by atoms with Crippen LogP contribution < -0.4 is 10.1 Å². The number of amides is 1. The predicted molar refractivity (Wildman–Crippen MR) is 143 cm³/mol. The molecule has 1 N–H and O–H groups in total. The van der Waals surface area contributed by atoms with Crippen LogP contribution in [-0.2, 0) is 20.4 Å². The highest BCUT2D eigenvalue weighted by atomic mass is 19.4. The van der Waals surface area contributed by atoms with Gasteiger partial charge in [-0.2, -0.15) is 13.2 Å². The van der Waals surface area contributed by atoms with Crippen LogP contribution in [0.1, 0.15) is 74.4 Å². The molecule has 10 nitrogen and oxygen atoms in total. The average Bonchev–Trinajstić information content (AvgIpc) is 3.39. The molecule has 1 amide bonds. The maximum absolute atomic E-state index is 13.4. The summed E-state index contributed by atoms with van der Waals surface area (Å²) < 4.78 is 67.6. The van der Waals surface area contributed by atoms with E-state index >= 15 is 0 Å². The number of fused-ring (bicyclic) bond motifs is 1. The number of hydrogen-bond donors (Lipinski definition) is 1. The van der Waals surface area contributed by atoms with Gasteiger partial charge in [0.2, 0.25) is 5.89 Å². The van der Waals surface area contributed by atoms with E-state index in [2.05, 4.69) is 15.3 Å². The van der Waals surface area contributed by atoms with Gasteiger partial charge in [0.05, 0.1) is 26.9 Å². The molecule has 0 radical (unpaired) electrons. The third kappa shape index (κ3) is 8.09. The highest BCUT2D eigenvalue weighted by Gasteiger charge is 2.34. The lowest BCUT2D eigenvalue weighted by Gasteiger charge is -2.17.